The molecule has 0 saturated carbocycles. The highest BCUT2D eigenvalue weighted by Crippen LogP contribution is 2.16. The van der Waals surface area contributed by atoms with Gasteiger partial charge in [0.2, 0.25) is 0 Å². The van der Waals surface area contributed by atoms with Gasteiger partial charge in [0.05, 0.1) is 0 Å². The van der Waals surface area contributed by atoms with Crippen molar-refractivity contribution in [2.45, 2.75) is 57.2 Å². The molecule has 0 bridgehead atoms. The Kier molecular flexibility index (Phi) is 7.99. The lowest BCUT2D eigenvalue weighted by Crippen LogP contribution is -1.96. The minimum atomic E-state index is 0.743. The van der Waals surface area contributed by atoms with Crippen molar-refractivity contribution in [3.05, 3.63) is 12.2 Å². The SMILES string of the molecule is C=C(C)CCCCC(Br)CCC. The van der Waals surface area contributed by atoms with E-state index in [-0.39, 0.29) is 0 Å². The van der Waals surface area contributed by atoms with Crippen LogP contribution in [-0.2, 0) is 0 Å². The number of allylic oxidation sites excluding steroid dienone is 1. The Labute approximate surface area is 85.6 Å². The highest BCUT2D eigenvalue weighted by Gasteiger charge is 2.01. The number of unbranched alkanes of at least 4 members (excludes halogenated alkanes) is 1. The summed E-state index contributed by atoms with van der Waals surface area (Å²) in [4.78, 5) is 0.743. The van der Waals surface area contributed by atoms with E-state index in [2.05, 4.69) is 36.4 Å². The van der Waals surface area contributed by atoms with Crippen LogP contribution in [0.5, 0.6) is 0 Å². The van der Waals surface area contributed by atoms with Crippen LogP contribution in [0.4, 0.5) is 0 Å². The standard InChI is InChI=1S/C11H21Br/c1-4-7-11(12)9-6-5-8-10(2)3/h11H,2,4-9H2,1,3H3. The molecule has 0 fully saturated rings. The summed E-state index contributed by atoms with van der Waals surface area (Å²) in [7, 11) is 0. The highest BCUT2D eigenvalue weighted by atomic mass is 79.9. The van der Waals surface area contributed by atoms with Gasteiger partial charge in [-0.1, -0.05) is 41.3 Å². The van der Waals surface area contributed by atoms with E-state index < -0.39 is 0 Å². The van der Waals surface area contributed by atoms with Gasteiger partial charge in [0.15, 0.2) is 0 Å². The topological polar surface area (TPSA) is 0 Å². The Morgan fingerprint density at radius 3 is 2.50 bits per heavy atom. The second-order valence-electron chi connectivity index (χ2n) is 3.59. The van der Waals surface area contributed by atoms with Crippen LogP contribution < -0.4 is 0 Å². The molecule has 12 heavy (non-hydrogen) atoms. The molecule has 72 valence electrons. The summed E-state index contributed by atoms with van der Waals surface area (Å²) in [6.07, 6.45) is 7.76. The molecule has 0 aromatic heterocycles. The average molecular weight is 233 g/mol. The van der Waals surface area contributed by atoms with Gasteiger partial charge >= 0.3 is 0 Å². The van der Waals surface area contributed by atoms with Crippen molar-refractivity contribution < 1.29 is 0 Å². The Balaban J connectivity index is 3.13. The normalized spacial score (nSPS) is 12.9. The largest absolute Gasteiger partial charge is 0.100 e. The summed E-state index contributed by atoms with van der Waals surface area (Å²) >= 11 is 3.68. The molecule has 0 heterocycles. The van der Waals surface area contributed by atoms with Gasteiger partial charge in [0.25, 0.3) is 0 Å². The molecule has 0 saturated heterocycles. The minimum absolute atomic E-state index is 0.743. The van der Waals surface area contributed by atoms with Crippen LogP contribution in [0.15, 0.2) is 12.2 Å². The summed E-state index contributed by atoms with van der Waals surface area (Å²) in [5.74, 6) is 0. The van der Waals surface area contributed by atoms with Crippen molar-refractivity contribution in [3.8, 4) is 0 Å². The maximum Gasteiger partial charge on any atom is 0.0145 e. The van der Waals surface area contributed by atoms with Crippen LogP contribution in [0.2, 0.25) is 0 Å². The van der Waals surface area contributed by atoms with Crippen LogP contribution in [-0.4, -0.2) is 4.83 Å². The van der Waals surface area contributed by atoms with Gasteiger partial charge in [0, 0.05) is 4.83 Å². The molecule has 0 spiro atoms. The highest BCUT2D eigenvalue weighted by molar-refractivity contribution is 9.09. The summed E-state index contributed by atoms with van der Waals surface area (Å²) < 4.78 is 0. The van der Waals surface area contributed by atoms with E-state index in [0.29, 0.717) is 0 Å². The molecule has 0 aliphatic rings. The van der Waals surface area contributed by atoms with Gasteiger partial charge in [-0.2, -0.15) is 0 Å². The molecular formula is C11H21Br. The fraction of sp³-hybridized carbons (Fsp3) is 0.818. The zero-order valence-corrected chi connectivity index (χ0v) is 9.99. The van der Waals surface area contributed by atoms with Gasteiger partial charge < -0.3 is 0 Å². The van der Waals surface area contributed by atoms with Crippen LogP contribution in [0.25, 0.3) is 0 Å². The average Bonchev–Trinajstić information content (AvgIpc) is 1.98. The van der Waals surface area contributed by atoms with E-state index in [0.717, 1.165) is 4.83 Å². The van der Waals surface area contributed by atoms with Gasteiger partial charge in [-0.25, -0.2) is 0 Å². The first kappa shape index (κ1) is 12.2. The smallest absolute Gasteiger partial charge is 0.0145 e. The molecule has 0 amide bonds. The first-order valence-electron chi connectivity index (χ1n) is 4.95. The molecule has 1 atom stereocenters. The zero-order valence-electron chi connectivity index (χ0n) is 8.41. The second-order valence-corrected chi connectivity index (χ2v) is 4.88. The number of rotatable bonds is 7. The van der Waals surface area contributed by atoms with Crippen molar-refractivity contribution in [3.63, 3.8) is 0 Å². The molecule has 1 unspecified atom stereocenters. The van der Waals surface area contributed by atoms with E-state index in [1.54, 1.807) is 0 Å². The quantitative estimate of drug-likeness (QED) is 0.340. The Morgan fingerprint density at radius 2 is 2.00 bits per heavy atom. The van der Waals surface area contributed by atoms with Crippen molar-refractivity contribution in [1.82, 2.24) is 0 Å². The summed E-state index contributed by atoms with van der Waals surface area (Å²) in [6.45, 7) is 8.24. The predicted molar refractivity (Wildman–Crippen MR) is 60.9 cm³/mol. The van der Waals surface area contributed by atoms with E-state index in [9.17, 15) is 0 Å². The number of hydrogen-bond donors (Lipinski definition) is 0. The minimum Gasteiger partial charge on any atom is -0.100 e. The van der Waals surface area contributed by atoms with Crippen LogP contribution in [0.1, 0.15) is 52.4 Å². The lowest BCUT2D eigenvalue weighted by atomic mass is 10.1. The molecule has 1 heteroatoms. The fourth-order valence-electron chi connectivity index (χ4n) is 1.25. The van der Waals surface area contributed by atoms with Crippen LogP contribution in [0.3, 0.4) is 0 Å². The van der Waals surface area contributed by atoms with Crippen molar-refractivity contribution in [2.75, 3.05) is 0 Å². The maximum absolute atomic E-state index is 3.90. The molecule has 0 radical (unpaired) electrons. The lowest BCUT2D eigenvalue weighted by Gasteiger charge is -2.07. The second kappa shape index (κ2) is 7.85. The van der Waals surface area contributed by atoms with E-state index in [1.165, 1.54) is 44.1 Å². The third kappa shape index (κ3) is 8.32. The molecule has 0 aromatic rings. The zero-order chi connectivity index (χ0) is 9.40. The van der Waals surface area contributed by atoms with E-state index >= 15 is 0 Å². The van der Waals surface area contributed by atoms with Gasteiger partial charge in [-0.15, -0.1) is 6.58 Å². The van der Waals surface area contributed by atoms with Crippen molar-refractivity contribution in [2.24, 2.45) is 0 Å². The Morgan fingerprint density at radius 1 is 1.33 bits per heavy atom. The molecule has 0 N–H and O–H groups in total. The number of halogens is 1. The molecule has 0 aromatic carbocycles. The molecule has 0 rings (SSSR count). The van der Waals surface area contributed by atoms with E-state index in [4.69, 9.17) is 0 Å². The molecule has 0 aliphatic carbocycles. The summed E-state index contributed by atoms with van der Waals surface area (Å²) in [5.41, 5.74) is 1.32. The molecular weight excluding hydrogens is 212 g/mol. The van der Waals surface area contributed by atoms with Crippen LogP contribution >= 0.6 is 15.9 Å². The van der Waals surface area contributed by atoms with Crippen molar-refractivity contribution >= 4 is 15.9 Å². The van der Waals surface area contributed by atoms with Gasteiger partial charge in [-0.3, -0.25) is 0 Å². The monoisotopic (exact) mass is 232 g/mol. The third-order valence-electron chi connectivity index (χ3n) is 1.97. The molecule has 0 nitrogen and oxygen atoms in total. The van der Waals surface area contributed by atoms with Crippen LogP contribution in [0, 0.1) is 0 Å². The first-order valence-corrected chi connectivity index (χ1v) is 5.86. The van der Waals surface area contributed by atoms with Gasteiger partial charge in [-0.05, 0) is 32.6 Å². The predicted octanol–water partition coefficient (Wildman–Crippen LogP) is 4.69. The Bertz CT molecular complexity index is 118. The molecule has 0 aliphatic heterocycles. The lowest BCUT2D eigenvalue weighted by molar-refractivity contribution is 0.626. The third-order valence-corrected chi connectivity index (χ3v) is 2.89. The van der Waals surface area contributed by atoms with E-state index in [1.807, 2.05) is 0 Å². The fourth-order valence-corrected chi connectivity index (χ4v) is 2.03. The summed E-state index contributed by atoms with van der Waals surface area (Å²) in [6, 6.07) is 0. The van der Waals surface area contributed by atoms with Gasteiger partial charge in [0.1, 0.15) is 0 Å². The number of alkyl halides is 1. The van der Waals surface area contributed by atoms with Crippen molar-refractivity contribution in [1.29, 1.82) is 0 Å². The maximum atomic E-state index is 3.90. The first-order chi connectivity index (χ1) is 5.66. The number of hydrogen-bond acceptors (Lipinski definition) is 0. The Hall–Kier alpha value is 0.220. The summed E-state index contributed by atoms with van der Waals surface area (Å²) in [5, 5.41) is 0.